The van der Waals surface area contributed by atoms with Gasteiger partial charge in [0.2, 0.25) is 0 Å². The van der Waals surface area contributed by atoms with Gasteiger partial charge in [0.15, 0.2) is 9.84 Å². The molecule has 2 atom stereocenters. The van der Waals surface area contributed by atoms with E-state index >= 15 is 0 Å². The summed E-state index contributed by atoms with van der Waals surface area (Å²) in [5, 5.41) is 10.0. The van der Waals surface area contributed by atoms with Crippen LogP contribution in [0.25, 0.3) is 0 Å². The lowest BCUT2D eigenvalue weighted by Gasteiger charge is -2.17. The van der Waals surface area contributed by atoms with Crippen LogP contribution >= 0.6 is 15.9 Å². The van der Waals surface area contributed by atoms with Crippen molar-refractivity contribution >= 4 is 25.8 Å². The molecule has 0 radical (unpaired) electrons. The highest BCUT2D eigenvalue weighted by atomic mass is 79.9. The van der Waals surface area contributed by atoms with Gasteiger partial charge in [-0.2, -0.15) is 0 Å². The van der Waals surface area contributed by atoms with Gasteiger partial charge in [0.25, 0.3) is 0 Å². The van der Waals surface area contributed by atoms with Crippen LogP contribution in [0.5, 0.6) is 0 Å². The molecule has 0 aromatic heterocycles. The van der Waals surface area contributed by atoms with Gasteiger partial charge in [-0.05, 0) is 30.2 Å². The maximum atomic E-state index is 13.5. The number of hydrogen-bond donors (Lipinski definition) is 1. The van der Waals surface area contributed by atoms with Crippen molar-refractivity contribution in [2.75, 3.05) is 11.5 Å². The highest BCUT2D eigenvalue weighted by molar-refractivity contribution is 9.10. The summed E-state index contributed by atoms with van der Waals surface area (Å²) >= 11 is 3.24. The highest BCUT2D eigenvalue weighted by Gasteiger charge is 2.33. The monoisotopic (exact) mass is 336 g/mol. The van der Waals surface area contributed by atoms with E-state index in [1.54, 1.807) is 12.1 Å². The molecule has 0 amide bonds. The molecule has 100 valence electrons. The summed E-state index contributed by atoms with van der Waals surface area (Å²) in [6.07, 6.45) is -0.212. The Morgan fingerprint density at radius 2 is 2.22 bits per heavy atom. The molecule has 1 saturated heterocycles. The second-order valence-corrected chi connectivity index (χ2v) is 7.81. The van der Waals surface area contributed by atoms with Gasteiger partial charge in [-0.15, -0.1) is 0 Å². The summed E-state index contributed by atoms with van der Waals surface area (Å²) in [5.41, 5.74) is 0.404. The van der Waals surface area contributed by atoms with Crippen molar-refractivity contribution in [1.29, 1.82) is 0 Å². The first-order chi connectivity index (χ1) is 8.37. The smallest absolute Gasteiger partial charge is 0.150 e. The van der Waals surface area contributed by atoms with Crippen molar-refractivity contribution in [3.8, 4) is 0 Å². The van der Waals surface area contributed by atoms with E-state index in [1.165, 1.54) is 6.07 Å². The maximum Gasteiger partial charge on any atom is 0.150 e. The molecule has 1 aliphatic rings. The van der Waals surface area contributed by atoms with Gasteiger partial charge in [-0.25, -0.2) is 12.8 Å². The van der Waals surface area contributed by atoms with Gasteiger partial charge in [0.1, 0.15) is 5.82 Å². The van der Waals surface area contributed by atoms with Crippen LogP contribution in [-0.2, 0) is 16.3 Å². The van der Waals surface area contributed by atoms with Gasteiger partial charge < -0.3 is 5.11 Å². The SMILES string of the molecule is O=S1(=O)CCC(C(O)Cc2cc(Br)ccc2F)C1. The van der Waals surface area contributed by atoms with Crippen LogP contribution in [0.2, 0.25) is 0 Å². The fourth-order valence-corrected chi connectivity index (χ4v) is 4.50. The van der Waals surface area contributed by atoms with Gasteiger partial charge in [0.05, 0.1) is 17.6 Å². The van der Waals surface area contributed by atoms with E-state index in [2.05, 4.69) is 15.9 Å². The third kappa shape index (κ3) is 3.30. The number of benzene rings is 1. The summed E-state index contributed by atoms with van der Waals surface area (Å²) in [6, 6.07) is 4.53. The normalized spacial score (nSPS) is 24.1. The van der Waals surface area contributed by atoms with Gasteiger partial charge in [0, 0.05) is 16.8 Å². The number of hydrogen-bond acceptors (Lipinski definition) is 3. The van der Waals surface area contributed by atoms with Crippen LogP contribution < -0.4 is 0 Å². The Morgan fingerprint density at radius 3 is 2.83 bits per heavy atom. The average molecular weight is 337 g/mol. The lowest BCUT2D eigenvalue weighted by atomic mass is 9.95. The summed E-state index contributed by atoms with van der Waals surface area (Å²) in [7, 11) is -3.01. The van der Waals surface area contributed by atoms with E-state index in [0.29, 0.717) is 12.0 Å². The molecule has 6 heteroatoms. The Hall–Kier alpha value is -0.460. The fraction of sp³-hybridized carbons (Fsp3) is 0.500. The van der Waals surface area contributed by atoms with Gasteiger partial charge >= 0.3 is 0 Å². The van der Waals surface area contributed by atoms with E-state index in [9.17, 15) is 17.9 Å². The zero-order valence-electron chi connectivity index (χ0n) is 9.64. The molecule has 1 N–H and O–H groups in total. The number of halogens is 2. The molecule has 2 rings (SSSR count). The number of aliphatic hydroxyl groups excluding tert-OH is 1. The fourth-order valence-electron chi connectivity index (χ4n) is 2.22. The lowest BCUT2D eigenvalue weighted by Crippen LogP contribution is -2.24. The van der Waals surface area contributed by atoms with Crippen molar-refractivity contribution in [2.24, 2.45) is 5.92 Å². The van der Waals surface area contributed by atoms with Crippen LogP contribution in [0.1, 0.15) is 12.0 Å². The topological polar surface area (TPSA) is 54.4 Å². The van der Waals surface area contributed by atoms with Crippen molar-refractivity contribution in [3.05, 3.63) is 34.1 Å². The van der Waals surface area contributed by atoms with Crippen molar-refractivity contribution in [3.63, 3.8) is 0 Å². The Kier molecular flexibility index (Phi) is 4.08. The van der Waals surface area contributed by atoms with E-state index in [-0.39, 0.29) is 29.7 Å². The third-order valence-corrected chi connectivity index (χ3v) is 5.54. The first-order valence-electron chi connectivity index (χ1n) is 5.70. The number of rotatable bonds is 3. The summed E-state index contributed by atoms with van der Waals surface area (Å²) < 4.78 is 36.9. The van der Waals surface area contributed by atoms with Crippen LogP contribution in [0, 0.1) is 11.7 Å². The predicted octanol–water partition coefficient (Wildman–Crippen LogP) is 1.93. The van der Waals surface area contributed by atoms with E-state index in [1.807, 2.05) is 0 Å². The van der Waals surface area contributed by atoms with Crippen molar-refractivity contribution < 1.29 is 17.9 Å². The van der Waals surface area contributed by atoms with E-state index in [4.69, 9.17) is 0 Å². The average Bonchev–Trinajstić information content (AvgIpc) is 2.64. The van der Waals surface area contributed by atoms with Crippen LogP contribution in [-0.4, -0.2) is 31.1 Å². The molecule has 1 aromatic carbocycles. The summed E-state index contributed by atoms with van der Waals surface area (Å²) in [4.78, 5) is 0. The largest absolute Gasteiger partial charge is 0.392 e. The second kappa shape index (κ2) is 5.27. The van der Waals surface area contributed by atoms with Crippen LogP contribution in [0.4, 0.5) is 4.39 Å². The molecule has 1 heterocycles. The third-order valence-electron chi connectivity index (χ3n) is 3.25. The Morgan fingerprint density at radius 1 is 1.50 bits per heavy atom. The minimum atomic E-state index is -3.01. The second-order valence-electron chi connectivity index (χ2n) is 4.67. The van der Waals surface area contributed by atoms with Gasteiger partial charge in [-0.1, -0.05) is 15.9 Å². The Labute approximate surface area is 114 Å². The van der Waals surface area contributed by atoms with Crippen molar-refractivity contribution in [1.82, 2.24) is 0 Å². The number of aliphatic hydroxyl groups is 1. The molecule has 0 saturated carbocycles. The molecule has 18 heavy (non-hydrogen) atoms. The lowest BCUT2D eigenvalue weighted by molar-refractivity contribution is 0.119. The molecule has 0 aliphatic carbocycles. The van der Waals surface area contributed by atoms with E-state index < -0.39 is 15.9 Å². The first-order valence-corrected chi connectivity index (χ1v) is 8.31. The molecule has 1 aromatic rings. The van der Waals surface area contributed by atoms with Crippen LogP contribution in [0.3, 0.4) is 0 Å². The van der Waals surface area contributed by atoms with Crippen LogP contribution in [0.15, 0.2) is 22.7 Å². The molecule has 3 nitrogen and oxygen atoms in total. The highest BCUT2D eigenvalue weighted by Crippen LogP contribution is 2.25. The summed E-state index contributed by atoms with van der Waals surface area (Å²) in [5.74, 6) is -0.536. The van der Waals surface area contributed by atoms with Gasteiger partial charge in [-0.3, -0.25) is 0 Å². The molecule has 1 aliphatic heterocycles. The maximum absolute atomic E-state index is 13.5. The molecular formula is C12H14BrFO3S. The summed E-state index contributed by atoms with van der Waals surface area (Å²) in [6.45, 7) is 0. The first kappa shape index (κ1) is 14.0. The van der Waals surface area contributed by atoms with Crippen molar-refractivity contribution in [2.45, 2.75) is 18.9 Å². The quantitative estimate of drug-likeness (QED) is 0.917. The Bertz CT molecular complexity index is 544. The molecule has 1 fully saturated rings. The molecule has 0 spiro atoms. The zero-order chi connectivity index (χ0) is 13.3. The minimum Gasteiger partial charge on any atom is -0.392 e. The Balaban J connectivity index is 2.08. The zero-order valence-corrected chi connectivity index (χ0v) is 12.0. The molecule has 0 bridgehead atoms. The molecular weight excluding hydrogens is 323 g/mol. The number of sulfone groups is 1. The standard InChI is InChI=1S/C12H14BrFO3S/c13-10-1-2-11(14)9(5-10)6-12(15)8-3-4-18(16,17)7-8/h1-2,5,8,12,15H,3-4,6-7H2. The minimum absolute atomic E-state index is 0.00376. The van der Waals surface area contributed by atoms with E-state index in [0.717, 1.165) is 4.47 Å². The predicted molar refractivity (Wildman–Crippen MR) is 70.6 cm³/mol. The molecule has 2 unspecified atom stereocenters.